The summed E-state index contributed by atoms with van der Waals surface area (Å²) in [5.74, 6) is 0. The van der Waals surface area contributed by atoms with Crippen LogP contribution in [0.4, 0.5) is 0 Å². The van der Waals surface area contributed by atoms with Gasteiger partial charge in [-0.15, -0.1) is 0 Å². The number of hydrogen-bond donors (Lipinski definition) is 4. The molecule has 0 fully saturated rings. The number of H-pyrrole nitrogens is 4. The average Bonchev–Trinajstić information content (AvgIpc) is 3.54. The SMILES string of the molecule is CC1(C)c2[nH]c(c(Br)c2Br)C(C)(C)c2[nH]c(c(Br)c2Br)C(C)(C)c2[nH]c(c(Br)c2Br)C(C)(C)c2[nH]c1c(Br)c2Br. The molecule has 0 radical (unpaired) electrons. The van der Waals surface area contributed by atoms with Crippen LogP contribution in [0.15, 0.2) is 35.8 Å². The zero-order chi connectivity index (χ0) is 30.1. The van der Waals surface area contributed by atoms with Crippen LogP contribution in [-0.2, 0) is 21.7 Å². The normalized spacial score (nSPS) is 18.8. The van der Waals surface area contributed by atoms with Crippen LogP contribution in [0.5, 0.6) is 0 Å². The van der Waals surface area contributed by atoms with E-state index in [1.54, 1.807) is 0 Å². The van der Waals surface area contributed by atoms with E-state index in [1.807, 2.05) is 0 Å². The van der Waals surface area contributed by atoms with Crippen molar-refractivity contribution in [2.45, 2.75) is 77.0 Å². The van der Waals surface area contributed by atoms with E-state index < -0.39 is 21.7 Å². The lowest BCUT2D eigenvalue weighted by Crippen LogP contribution is -2.27. The number of aromatic amines is 4. The van der Waals surface area contributed by atoms with Crippen molar-refractivity contribution in [1.82, 2.24) is 19.9 Å². The molecular formula is C28H28Br8N4. The minimum Gasteiger partial charge on any atom is -0.359 e. The van der Waals surface area contributed by atoms with Gasteiger partial charge in [-0.2, -0.15) is 0 Å². The molecule has 216 valence electrons. The van der Waals surface area contributed by atoms with E-state index in [2.05, 4.69) is 203 Å². The summed E-state index contributed by atoms with van der Waals surface area (Å²) in [5, 5.41) is 0. The molecule has 0 amide bonds. The lowest BCUT2D eigenvalue weighted by atomic mass is 9.85. The van der Waals surface area contributed by atoms with Crippen molar-refractivity contribution in [3.63, 3.8) is 0 Å². The molecule has 4 nitrogen and oxygen atoms in total. The number of fused-ring (bicyclic) bond motifs is 8. The highest BCUT2D eigenvalue weighted by atomic mass is 79.9. The highest BCUT2D eigenvalue weighted by molar-refractivity contribution is 9.14. The Balaban J connectivity index is 1.96. The topological polar surface area (TPSA) is 63.2 Å². The maximum absolute atomic E-state index is 3.94. The summed E-state index contributed by atoms with van der Waals surface area (Å²) >= 11 is 31.5. The van der Waals surface area contributed by atoms with Crippen molar-refractivity contribution in [3.05, 3.63) is 81.3 Å². The molecule has 0 spiro atoms. The molecule has 0 saturated heterocycles. The summed E-state index contributed by atoms with van der Waals surface area (Å²) in [6, 6.07) is 0. The van der Waals surface area contributed by atoms with E-state index in [4.69, 9.17) is 0 Å². The van der Waals surface area contributed by atoms with Gasteiger partial charge in [0.05, 0.1) is 35.8 Å². The molecule has 0 atom stereocenters. The number of halogens is 8. The van der Waals surface area contributed by atoms with E-state index in [-0.39, 0.29) is 0 Å². The third kappa shape index (κ3) is 4.40. The summed E-state index contributed by atoms with van der Waals surface area (Å²) in [6.07, 6.45) is 0. The van der Waals surface area contributed by atoms with Crippen LogP contribution in [0.2, 0.25) is 0 Å². The Hall–Kier alpha value is 0.960. The Kier molecular flexibility index (Phi) is 8.28. The third-order valence-corrected chi connectivity index (χ3v) is 17.0. The molecule has 1 aliphatic heterocycles. The van der Waals surface area contributed by atoms with Gasteiger partial charge in [-0.3, -0.25) is 0 Å². The lowest BCUT2D eigenvalue weighted by molar-refractivity contribution is 0.542. The van der Waals surface area contributed by atoms with Crippen molar-refractivity contribution < 1.29 is 0 Å². The van der Waals surface area contributed by atoms with Crippen molar-refractivity contribution in [2.24, 2.45) is 0 Å². The minimum atomic E-state index is -0.415. The first-order valence-corrected chi connectivity index (χ1v) is 18.9. The fourth-order valence-corrected chi connectivity index (χ4v) is 12.1. The molecule has 0 aromatic carbocycles. The second-order valence-corrected chi connectivity index (χ2v) is 18.9. The number of hydrogen-bond acceptors (Lipinski definition) is 0. The van der Waals surface area contributed by atoms with Crippen LogP contribution >= 0.6 is 127 Å². The Morgan fingerprint density at radius 2 is 0.375 bits per heavy atom. The van der Waals surface area contributed by atoms with Crippen molar-refractivity contribution in [3.8, 4) is 0 Å². The Labute approximate surface area is 302 Å². The summed E-state index contributed by atoms with van der Waals surface area (Å²) in [5.41, 5.74) is 6.91. The predicted octanol–water partition coefficient (Wildman–Crippen LogP) is 12.7. The van der Waals surface area contributed by atoms with Gasteiger partial charge in [0.15, 0.2) is 0 Å². The van der Waals surface area contributed by atoms with Gasteiger partial charge in [0, 0.05) is 67.2 Å². The van der Waals surface area contributed by atoms with Crippen molar-refractivity contribution in [2.75, 3.05) is 0 Å². The van der Waals surface area contributed by atoms with Crippen molar-refractivity contribution >= 4 is 127 Å². The van der Waals surface area contributed by atoms with E-state index in [0.29, 0.717) is 0 Å². The van der Waals surface area contributed by atoms with E-state index in [1.165, 1.54) is 0 Å². The molecule has 5 heterocycles. The molecule has 4 aromatic heterocycles. The largest absolute Gasteiger partial charge is 0.359 e. The maximum Gasteiger partial charge on any atom is 0.0537 e. The summed E-state index contributed by atoms with van der Waals surface area (Å²) < 4.78 is 8.04. The number of aromatic nitrogens is 4. The quantitative estimate of drug-likeness (QED) is 0.136. The maximum atomic E-state index is 3.94. The van der Waals surface area contributed by atoms with Crippen molar-refractivity contribution in [1.29, 1.82) is 0 Å². The second-order valence-electron chi connectivity index (χ2n) is 12.5. The molecule has 5 rings (SSSR count). The minimum absolute atomic E-state index is 0.415. The molecule has 0 unspecified atom stereocenters. The summed E-state index contributed by atoms with van der Waals surface area (Å²) in [7, 11) is 0. The Morgan fingerprint density at radius 1 is 0.275 bits per heavy atom. The van der Waals surface area contributed by atoms with Crippen LogP contribution in [-0.4, -0.2) is 19.9 Å². The van der Waals surface area contributed by atoms with Gasteiger partial charge >= 0.3 is 0 Å². The first kappa shape index (κ1) is 32.4. The van der Waals surface area contributed by atoms with Gasteiger partial charge in [0.1, 0.15) is 0 Å². The number of rotatable bonds is 0. The van der Waals surface area contributed by atoms with Crippen LogP contribution < -0.4 is 0 Å². The second kappa shape index (κ2) is 10.2. The molecular weight excluding hydrogens is 1030 g/mol. The Bertz CT molecular complexity index is 1340. The van der Waals surface area contributed by atoms with Gasteiger partial charge in [-0.1, -0.05) is 0 Å². The molecule has 8 bridgehead atoms. The molecule has 1 aliphatic rings. The fraction of sp³-hybridized carbons (Fsp3) is 0.429. The van der Waals surface area contributed by atoms with E-state index in [9.17, 15) is 0 Å². The molecule has 4 aromatic rings. The highest BCUT2D eigenvalue weighted by Crippen LogP contribution is 2.54. The molecule has 12 heteroatoms. The molecule has 40 heavy (non-hydrogen) atoms. The molecule has 4 N–H and O–H groups in total. The first-order valence-electron chi connectivity index (χ1n) is 12.5. The van der Waals surface area contributed by atoms with Gasteiger partial charge in [0.2, 0.25) is 0 Å². The lowest BCUT2D eigenvalue weighted by Gasteiger charge is -2.28. The third-order valence-electron chi connectivity index (χ3n) is 8.53. The van der Waals surface area contributed by atoms with Gasteiger partial charge < -0.3 is 19.9 Å². The van der Waals surface area contributed by atoms with Gasteiger partial charge in [0.25, 0.3) is 0 Å². The zero-order valence-electron chi connectivity index (χ0n) is 23.0. The highest BCUT2D eigenvalue weighted by Gasteiger charge is 2.44. The van der Waals surface area contributed by atoms with Crippen LogP contribution in [0.1, 0.15) is 101 Å². The van der Waals surface area contributed by atoms with Gasteiger partial charge in [-0.25, -0.2) is 0 Å². The first-order chi connectivity index (χ1) is 18.2. The van der Waals surface area contributed by atoms with Crippen LogP contribution in [0.25, 0.3) is 0 Å². The van der Waals surface area contributed by atoms with Gasteiger partial charge in [-0.05, 0) is 183 Å². The predicted molar refractivity (Wildman–Crippen MR) is 193 cm³/mol. The van der Waals surface area contributed by atoms with Crippen LogP contribution in [0, 0.1) is 0 Å². The van der Waals surface area contributed by atoms with E-state index >= 15 is 0 Å². The van der Waals surface area contributed by atoms with Crippen LogP contribution in [0.3, 0.4) is 0 Å². The van der Waals surface area contributed by atoms with E-state index in [0.717, 1.165) is 81.3 Å². The standard InChI is InChI=1S/C28H28Br8N4/c1-25(2)17-9(29)11(31)19(37-17)26(3,4)21-13(33)15(35)23(39-21)28(7,8)24-16(36)14(34)22(40-24)27(5,6)20-12(32)10(30)18(25)38-20/h37-40H,1-8H3. The zero-order valence-corrected chi connectivity index (χ0v) is 35.7. The molecule has 0 aliphatic carbocycles. The fourth-order valence-electron chi connectivity index (χ4n) is 5.76. The summed E-state index contributed by atoms with van der Waals surface area (Å²) in [6.45, 7) is 17.9. The smallest absolute Gasteiger partial charge is 0.0537 e. The average molecular weight is 1060 g/mol. The molecule has 0 saturated carbocycles. The monoisotopic (exact) mass is 1050 g/mol. The Morgan fingerprint density at radius 3 is 0.475 bits per heavy atom. The number of nitrogens with one attached hydrogen (secondary N) is 4. The summed E-state index contributed by atoms with van der Waals surface area (Å²) in [4.78, 5) is 15.3.